The Bertz CT molecular complexity index is 80.5. The van der Waals surface area contributed by atoms with Crippen molar-refractivity contribution in [2.45, 2.75) is 0 Å². The normalized spacial score (nSPS) is 6.00. The van der Waals surface area contributed by atoms with E-state index in [4.69, 9.17) is 0 Å². The van der Waals surface area contributed by atoms with E-state index in [0.717, 1.165) is 0 Å². The molecule has 0 heterocycles. The average Bonchev–Trinajstić information content (AvgIpc) is 1.72. The molecule has 1 rings (SSSR count). The van der Waals surface area contributed by atoms with Gasteiger partial charge in [0.2, 0.25) is 0 Å². The molecule has 0 radical (unpaired) electrons. The fourth-order valence-corrected chi connectivity index (χ4v) is 0.342. The molecule has 2 N–H and O–H groups in total. The van der Waals surface area contributed by atoms with E-state index in [1.165, 1.54) is 0 Å². The van der Waals surface area contributed by atoms with Crippen molar-refractivity contribution in [3.8, 4) is 0 Å². The summed E-state index contributed by atoms with van der Waals surface area (Å²) in [4.78, 5) is 0. The molecular formula is C6H7NZr. The molecule has 1 aromatic rings. The second kappa shape index (κ2) is 7.06. The number of hydrogen-bond acceptors (Lipinski definition) is 0. The van der Waals surface area contributed by atoms with Crippen molar-refractivity contribution in [1.82, 2.24) is 0 Å². The maximum atomic E-state index is 2.89. The molecule has 2 heteroatoms. The van der Waals surface area contributed by atoms with Gasteiger partial charge in [0.15, 0.2) is 0 Å². The van der Waals surface area contributed by atoms with E-state index in [0.29, 0.717) is 0 Å². The zero-order valence-corrected chi connectivity index (χ0v) is 6.92. The van der Waals surface area contributed by atoms with Crippen LogP contribution < -0.4 is 0 Å². The smallest absolute Gasteiger partial charge is 0.693 e. The molecule has 0 saturated carbocycles. The van der Waals surface area contributed by atoms with Gasteiger partial charge in [0.1, 0.15) is 0 Å². The number of benzene rings is 1. The summed E-state index contributed by atoms with van der Waals surface area (Å²) in [6, 6.07) is 12.5. The predicted molar refractivity (Wildman–Crippen MR) is 30.6 cm³/mol. The van der Waals surface area contributed by atoms with Gasteiger partial charge in [-0.2, -0.15) is 36.4 Å². The van der Waals surface area contributed by atoms with Crippen LogP contribution in [0.4, 0.5) is 0 Å². The zero-order valence-electron chi connectivity index (χ0n) is 4.46. The van der Waals surface area contributed by atoms with Crippen LogP contribution in [0.3, 0.4) is 0 Å². The van der Waals surface area contributed by atoms with Crippen molar-refractivity contribution in [1.29, 1.82) is 0 Å². The van der Waals surface area contributed by atoms with Crippen LogP contribution in [0.15, 0.2) is 30.3 Å². The molecule has 0 fully saturated rings. The largest absolute Gasteiger partial charge is 2.00 e. The van der Waals surface area contributed by atoms with Crippen LogP contribution in [0.25, 0.3) is 6.15 Å². The fraction of sp³-hybridized carbons (Fsp3) is 0. The number of nitrogens with two attached hydrogens (primary N) is 1. The first kappa shape index (κ1) is 10.9. The molecule has 0 saturated heterocycles. The summed E-state index contributed by atoms with van der Waals surface area (Å²) in [5.74, 6) is 0. The van der Waals surface area contributed by atoms with E-state index in [1.807, 2.05) is 30.3 Å². The molecule has 0 unspecified atom stereocenters. The summed E-state index contributed by atoms with van der Waals surface area (Å²) < 4.78 is 0. The van der Waals surface area contributed by atoms with Crippen LogP contribution in [-0.2, 0) is 26.2 Å². The Labute approximate surface area is 68.8 Å². The van der Waals surface area contributed by atoms with Gasteiger partial charge >= 0.3 is 26.2 Å². The van der Waals surface area contributed by atoms with Gasteiger partial charge in [-0.1, -0.05) is 0 Å². The first-order valence-corrected chi connectivity index (χ1v) is 1.91. The van der Waals surface area contributed by atoms with Crippen LogP contribution >= 0.6 is 0 Å². The van der Waals surface area contributed by atoms with Gasteiger partial charge in [-0.25, -0.2) is 0 Å². The van der Waals surface area contributed by atoms with Crippen molar-refractivity contribution in [3.63, 3.8) is 0 Å². The van der Waals surface area contributed by atoms with Gasteiger partial charge in [0.25, 0.3) is 0 Å². The minimum atomic E-state index is 0. The van der Waals surface area contributed by atoms with Crippen LogP contribution in [0, 0.1) is 6.07 Å². The topological polar surface area (TPSA) is 33.5 Å². The summed E-state index contributed by atoms with van der Waals surface area (Å²) in [6.45, 7) is 0. The third-order valence-electron chi connectivity index (χ3n) is 0.607. The Morgan fingerprint density at radius 3 is 1.50 bits per heavy atom. The monoisotopic (exact) mass is 183 g/mol. The van der Waals surface area contributed by atoms with E-state index in [2.05, 4.69) is 6.07 Å². The van der Waals surface area contributed by atoms with E-state index in [9.17, 15) is 0 Å². The average molecular weight is 184 g/mol. The first-order chi connectivity index (χ1) is 3.00. The molecule has 0 bridgehead atoms. The molecular weight excluding hydrogens is 177 g/mol. The third kappa shape index (κ3) is 4.23. The molecule has 1 nitrogen and oxygen atoms in total. The van der Waals surface area contributed by atoms with Gasteiger partial charge in [0.05, 0.1) is 0 Å². The molecule has 40 valence electrons. The Balaban J connectivity index is 0. The maximum absolute atomic E-state index is 2.89. The summed E-state index contributed by atoms with van der Waals surface area (Å²) in [5, 5.41) is 0. The van der Waals surface area contributed by atoms with Crippen molar-refractivity contribution < 1.29 is 26.2 Å². The summed E-state index contributed by atoms with van der Waals surface area (Å²) in [6.07, 6.45) is 0. The second-order valence-electron chi connectivity index (χ2n) is 1.08. The van der Waals surface area contributed by atoms with Crippen LogP contribution in [0.1, 0.15) is 0 Å². The summed E-state index contributed by atoms with van der Waals surface area (Å²) in [5.41, 5.74) is 0. The van der Waals surface area contributed by atoms with Crippen LogP contribution in [0.5, 0.6) is 0 Å². The van der Waals surface area contributed by atoms with Crippen molar-refractivity contribution in [3.05, 3.63) is 42.5 Å². The van der Waals surface area contributed by atoms with E-state index in [-0.39, 0.29) is 32.4 Å². The third-order valence-corrected chi connectivity index (χ3v) is 0.607. The van der Waals surface area contributed by atoms with Gasteiger partial charge in [-0.3, -0.25) is 0 Å². The Hall–Kier alpha value is 0.0631. The quantitative estimate of drug-likeness (QED) is 0.554. The van der Waals surface area contributed by atoms with Gasteiger partial charge in [-0.15, -0.1) is 0 Å². The van der Waals surface area contributed by atoms with Crippen molar-refractivity contribution >= 4 is 0 Å². The van der Waals surface area contributed by atoms with Crippen molar-refractivity contribution in [2.24, 2.45) is 0 Å². The van der Waals surface area contributed by atoms with Crippen LogP contribution in [0.2, 0.25) is 0 Å². The van der Waals surface area contributed by atoms with E-state index >= 15 is 0 Å². The first-order valence-electron chi connectivity index (χ1n) is 1.91. The van der Waals surface area contributed by atoms with Gasteiger partial charge in [0, 0.05) is 0 Å². The second-order valence-corrected chi connectivity index (χ2v) is 1.08. The Morgan fingerprint density at radius 2 is 1.38 bits per heavy atom. The summed E-state index contributed by atoms with van der Waals surface area (Å²) in [7, 11) is 0. The minimum absolute atomic E-state index is 0. The molecule has 0 atom stereocenters. The predicted octanol–water partition coefficient (Wildman–Crippen LogP) is 2.20. The Kier molecular flexibility index (Phi) is 9.66. The molecule has 0 aliphatic heterocycles. The SMILES string of the molecule is [NH2-].[Zr+2].[c-]1ccccc1. The Morgan fingerprint density at radius 1 is 0.875 bits per heavy atom. The standard InChI is InChI=1S/C6H5.H2N.Zr/c1-2-4-6-5-3-1;;/h1-5H;1H2;/q2*-1;+2. The van der Waals surface area contributed by atoms with Crippen molar-refractivity contribution in [2.75, 3.05) is 0 Å². The molecule has 0 aliphatic rings. The molecule has 0 spiro atoms. The number of hydrogen-bond donors (Lipinski definition) is 0. The fourth-order valence-electron chi connectivity index (χ4n) is 0.342. The van der Waals surface area contributed by atoms with E-state index < -0.39 is 0 Å². The maximum Gasteiger partial charge on any atom is 2.00 e. The van der Waals surface area contributed by atoms with Crippen LogP contribution in [-0.4, -0.2) is 0 Å². The minimum Gasteiger partial charge on any atom is -0.693 e. The van der Waals surface area contributed by atoms with Gasteiger partial charge in [-0.05, 0) is 0 Å². The zero-order chi connectivity index (χ0) is 4.24. The molecule has 0 amide bonds. The van der Waals surface area contributed by atoms with Gasteiger partial charge < -0.3 is 6.15 Å². The molecule has 8 heavy (non-hydrogen) atoms. The summed E-state index contributed by atoms with van der Waals surface area (Å²) >= 11 is 0. The molecule has 0 aliphatic carbocycles. The molecule has 0 aromatic heterocycles. The number of rotatable bonds is 0. The van der Waals surface area contributed by atoms with E-state index in [1.54, 1.807) is 0 Å². The molecule has 1 aromatic carbocycles.